The average molecular weight is 682 g/mol. The summed E-state index contributed by atoms with van der Waals surface area (Å²) in [6.45, 7) is 0. The smallest absolute Gasteiger partial charge is 0.0540 e. The molecule has 1 fully saturated rings. The Morgan fingerprint density at radius 3 is 1.43 bits per heavy atom. The zero-order valence-corrected chi connectivity index (χ0v) is 30.0. The van der Waals surface area contributed by atoms with Crippen LogP contribution < -0.4 is 4.90 Å². The van der Waals surface area contributed by atoms with Gasteiger partial charge in [-0.3, -0.25) is 0 Å². The second kappa shape index (κ2) is 14.8. The van der Waals surface area contributed by atoms with Gasteiger partial charge in [-0.2, -0.15) is 0 Å². The van der Waals surface area contributed by atoms with Gasteiger partial charge in [-0.05, 0) is 92.7 Å². The van der Waals surface area contributed by atoms with E-state index in [9.17, 15) is 0 Å². The van der Waals surface area contributed by atoms with E-state index < -0.39 is 0 Å². The average Bonchev–Trinajstić information content (AvgIpc) is 3.25. The first-order valence-corrected chi connectivity index (χ1v) is 19.1. The minimum atomic E-state index is 0.599. The van der Waals surface area contributed by atoms with Crippen LogP contribution in [0.1, 0.15) is 43.6 Å². The SMILES string of the molecule is c1ccc(-c2ccccc2-c2ccccc2-c2ccccc2N(c2ccccc2)c2ccccc2-c2cccc3cccc(C4CCCCC4)c23)cc1. The fourth-order valence-electron chi connectivity index (χ4n) is 8.67. The molecule has 8 aromatic rings. The van der Waals surface area contributed by atoms with Gasteiger partial charge in [0.25, 0.3) is 0 Å². The Bertz CT molecular complexity index is 2490. The fraction of sp³-hybridized carbons (Fsp3) is 0.115. The minimum absolute atomic E-state index is 0.599. The molecule has 0 atom stereocenters. The van der Waals surface area contributed by atoms with Gasteiger partial charge in [-0.25, -0.2) is 0 Å². The number of rotatable bonds is 8. The van der Waals surface area contributed by atoms with E-state index in [4.69, 9.17) is 0 Å². The van der Waals surface area contributed by atoms with E-state index >= 15 is 0 Å². The molecule has 0 heterocycles. The Morgan fingerprint density at radius 1 is 0.340 bits per heavy atom. The molecule has 256 valence electrons. The fourth-order valence-corrected chi connectivity index (χ4v) is 8.67. The molecule has 0 bridgehead atoms. The number of benzene rings is 8. The standard InChI is InChI=1S/C52H43N/c1-4-20-38(21-5-1)42-28-10-11-29-44(42)45-30-12-13-31-46(45)47-32-14-16-36-50(47)53(41-26-8-3-9-27-41)51-37-17-15-33-48(51)49-35-19-25-40-24-18-34-43(52(40)49)39-22-6-2-7-23-39/h1,3-5,8-21,24-37,39H,2,6-7,22-23H2. The maximum absolute atomic E-state index is 2.48. The Balaban J connectivity index is 1.26. The highest BCUT2D eigenvalue weighted by molar-refractivity contribution is 6.05. The lowest BCUT2D eigenvalue weighted by atomic mass is 9.80. The molecule has 8 aromatic carbocycles. The van der Waals surface area contributed by atoms with Crippen LogP contribution in [0.25, 0.3) is 55.3 Å². The van der Waals surface area contributed by atoms with Crippen molar-refractivity contribution in [2.75, 3.05) is 4.90 Å². The van der Waals surface area contributed by atoms with Crippen molar-refractivity contribution >= 4 is 27.8 Å². The van der Waals surface area contributed by atoms with Crippen molar-refractivity contribution in [3.05, 3.63) is 200 Å². The molecule has 0 N–H and O–H groups in total. The highest BCUT2D eigenvalue weighted by Gasteiger charge is 2.24. The van der Waals surface area contributed by atoms with Crippen LogP contribution in [-0.4, -0.2) is 0 Å². The number of hydrogen-bond acceptors (Lipinski definition) is 1. The predicted molar refractivity (Wildman–Crippen MR) is 226 cm³/mol. The van der Waals surface area contributed by atoms with Gasteiger partial charge >= 0.3 is 0 Å². The quantitative estimate of drug-likeness (QED) is 0.154. The van der Waals surface area contributed by atoms with Crippen LogP contribution in [-0.2, 0) is 0 Å². The molecule has 0 unspecified atom stereocenters. The van der Waals surface area contributed by atoms with E-state index in [1.807, 2.05) is 0 Å². The molecule has 0 aromatic heterocycles. The first kappa shape index (κ1) is 32.7. The number of nitrogens with zero attached hydrogens (tertiary/aromatic N) is 1. The first-order valence-electron chi connectivity index (χ1n) is 19.1. The first-order chi connectivity index (χ1) is 26.3. The summed E-state index contributed by atoms with van der Waals surface area (Å²) >= 11 is 0. The van der Waals surface area contributed by atoms with Gasteiger partial charge in [0.1, 0.15) is 0 Å². The predicted octanol–water partition coefficient (Wildman–Crippen LogP) is 15.0. The minimum Gasteiger partial charge on any atom is -0.309 e. The summed E-state index contributed by atoms with van der Waals surface area (Å²) in [4.78, 5) is 2.48. The van der Waals surface area contributed by atoms with Crippen molar-refractivity contribution in [1.82, 2.24) is 0 Å². The van der Waals surface area contributed by atoms with E-state index in [0.717, 1.165) is 11.4 Å². The summed E-state index contributed by atoms with van der Waals surface area (Å²) in [5.74, 6) is 0.599. The van der Waals surface area contributed by atoms with Gasteiger partial charge in [0.2, 0.25) is 0 Å². The largest absolute Gasteiger partial charge is 0.309 e. The van der Waals surface area contributed by atoms with E-state index in [2.05, 4.69) is 199 Å². The second-order valence-electron chi connectivity index (χ2n) is 14.2. The van der Waals surface area contributed by atoms with Crippen LogP contribution in [0.4, 0.5) is 17.1 Å². The van der Waals surface area contributed by atoms with E-state index in [1.165, 1.54) is 98.6 Å². The molecule has 0 amide bonds. The molecule has 1 saturated carbocycles. The lowest BCUT2D eigenvalue weighted by molar-refractivity contribution is 0.445. The molecule has 1 heteroatoms. The molecular formula is C52H43N. The van der Waals surface area contributed by atoms with Crippen LogP contribution in [0.2, 0.25) is 0 Å². The maximum atomic E-state index is 2.48. The van der Waals surface area contributed by atoms with Gasteiger partial charge in [0, 0.05) is 16.8 Å². The van der Waals surface area contributed by atoms with Crippen molar-refractivity contribution in [2.24, 2.45) is 0 Å². The lowest BCUT2D eigenvalue weighted by Crippen LogP contribution is -2.12. The molecule has 9 rings (SSSR count). The van der Waals surface area contributed by atoms with Crippen molar-refractivity contribution in [1.29, 1.82) is 0 Å². The lowest BCUT2D eigenvalue weighted by Gasteiger charge is -2.31. The monoisotopic (exact) mass is 681 g/mol. The number of fused-ring (bicyclic) bond motifs is 1. The summed E-state index contributed by atoms with van der Waals surface area (Å²) in [5, 5.41) is 2.72. The van der Waals surface area contributed by atoms with E-state index in [0.29, 0.717) is 5.92 Å². The Labute approximate surface area is 313 Å². The zero-order chi connectivity index (χ0) is 35.4. The summed E-state index contributed by atoms with van der Waals surface area (Å²) < 4.78 is 0. The normalized spacial score (nSPS) is 13.2. The summed E-state index contributed by atoms with van der Waals surface area (Å²) in [6, 6.07) is 71.1. The molecule has 0 radical (unpaired) electrons. The second-order valence-corrected chi connectivity index (χ2v) is 14.2. The molecule has 1 nitrogen and oxygen atoms in total. The summed E-state index contributed by atoms with van der Waals surface area (Å²) in [5.41, 5.74) is 14.8. The van der Waals surface area contributed by atoms with Crippen molar-refractivity contribution in [3.63, 3.8) is 0 Å². The van der Waals surface area contributed by atoms with Crippen LogP contribution >= 0.6 is 0 Å². The summed E-state index contributed by atoms with van der Waals surface area (Å²) in [6.07, 6.45) is 6.52. The van der Waals surface area contributed by atoms with Gasteiger partial charge in [-0.15, -0.1) is 0 Å². The third-order valence-corrected chi connectivity index (χ3v) is 11.1. The maximum Gasteiger partial charge on any atom is 0.0540 e. The van der Waals surface area contributed by atoms with Crippen molar-refractivity contribution in [2.45, 2.75) is 38.0 Å². The molecule has 0 spiro atoms. The van der Waals surface area contributed by atoms with Gasteiger partial charge < -0.3 is 4.90 Å². The Hall–Kier alpha value is -6.18. The Kier molecular flexibility index (Phi) is 9.14. The van der Waals surface area contributed by atoms with E-state index in [-0.39, 0.29) is 0 Å². The van der Waals surface area contributed by atoms with E-state index in [1.54, 1.807) is 0 Å². The zero-order valence-electron chi connectivity index (χ0n) is 30.0. The summed E-state index contributed by atoms with van der Waals surface area (Å²) in [7, 11) is 0. The van der Waals surface area contributed by atoms with Crippen molar-refractivity contribution < 1.29 is 0 Å². The number of anilines is 3. The topological polar surface area (TPSA) is 3.24 Å². The molecule has 0 aliphatic heterocycles. The highest BCUT2D eigenvalue weighted by atomic mass is 15.1. The van der Waals surface area contributed by atoms with Crippen LogP contribution in [0.3, 0.4) is 0 Å². The number of para-hydroxylation sites is 3. The van der Waals surface area contributed by atoms with Crippen LogP contribution in [0.15, 0.2) is 194 Å². The molecule has 1 aliphatic carbocycles. The van der Waals surface area contributed by atoms with Gasteiger partial charge in [0.15, 0.2) is 0 Å². The molecule has 53 heavy (non-hydrogen) atoms. The Morgan fingerprint density at radius 2 is 0.792 bits per heavy atom. The highest BCUT2D eigenvalue weighted by Crippen LogP contribution is 2.49. The van der Waals surface area contributed by atoms with Crippen LogP contribution in [0.5, 0.6) is 0 Å². The third kappa shape index (κ3) is 6.34. The van der Waals surface area contributed by atoms with Crippen LogP contribution in [0, 0.1) is 0 Å². The van der Waals surface area contributed by atoms with Crippen molar-refractivity contribution in [3.8, 4) is 44.5 Å². The molecule has 1 aliphatic rings. The molecule has 0 saturated heterocycles. The number of hydrogen-bond donors (Lipinski definition) is 0. The van der Waals surface area contributed by atoms with Gasteiger partial charge in [0.05, 0.1) is 11.4 Å². The third-order valence-electron chi connectivity index (χ3n) is 11.1. The van der Waals surface area contributed by atoms with Gasteiger partial charge in [-0.1, -0.05) is 189 Å². The molecular weight excluding hydrogens is 639 g/mol.